The molecule has 366 valence electrons. The maximum absolute atomic E-state index is 11.7. The maximum Gasteiger partial charge on any atom is 0.305 e. The van der Waals surface area contributed by atoms with Crippen molar-refractivity contribution in [3.63, 3.8) is 0 Å². The van der Waals surface area contributed by atoms with E-state index in [9.17, 15) is 25.0 Å². The first kappa shape index (κ1) is 57.8. The summed E-state index contributed by atoms with van der Waals surface area (Å²) in [6, 6.07) is 3.42. The second-order valence-electron chi connectivity index (χ2n) is 13.6. The summed E-state index contributed by atoms with van der Waals surface area (Å²) < 4.78 is 70.8. The van der Waals surface area contributed by atoms with E-state index < -0.39 is 9.85 Å². The van der Waals surface area contributed by atoms with Gasteiger partial charge in [0.25, 0.3) is 11.4 Å². The van der Waals surface area contributed by atoms with Gasteiger partial charge in [0.05, 0.1) is 174 Å². The van der Waals surface area contributed by atoms with Gasteiger partial charge in [-0.25, -0.2) is 0 Å². The molecule has 0 aliphatic rings. The van der Waals surface area contributed by atoms with Gasteiger partial charge in [-0.1, -0.05) is 45.4 Å². The second kappa shape index (κ2) is 45.4. The SMILES string of the molecule is CCCCCCCCCC(=O)OCCOCCOCCOCCOCCOCCOCCOCCOCCOCCOCCOCCOCCNc1ccc([N+](=O)[O-])cc1[N+](=O)[O-]. The number of anilines is 1. The number of nitrogens with one attached hydrogen (secondary N) is 1. The van der Waals surface area contributed by atoms with Crippen LogP contribution in [0.2, 0.25) is 0 Å². The molecule has 0 amide bonds. The molecule has 1 N–H and O–H groups in total. The smallest absolute Gasteiger partial charge is 0.305 e. The van der Waals surface area contributed by atoms with Crippen LogP contribution in [0.25, 0.3) is 0 Å². The number of esters is 1. The van der Waals surface area contributed by atoms with E-state index >= 15 is 0 Å². The van der Waals surface area contributed by atoms with E-state index in [0.29, 0.717) is 158 Å². The Morgan fingerprint density at radius 1 is 0.460 bits per heavy atom. The van der Waals surface area contributed by atoms with Gasteiger partial charge in [-0.2, -0.15) is 0 Å². The predicted molar refractivity (Wildman–Crippen MR) is 232 cm³/mol. The maximum atomic E-state index is 11.7. The lowest BCUT2D eigenvalue weighted by atomic mass is 10.1. The molecule has 63 heavy (non-hydrogen) atoms. The van der Waals surface area contributed by atoms with E-state index in [2.05, 4.69) is 12.2 Å². The van der Waals surface area contributed by atoms with Crippen LogP contribution in [0.15, 0.2) is 18.2 Å². The number of hydrogen-bond acceptors (Lipinski definition) is 19. The second-order valence-corrected chi connectivity index (χ2v) is 13.6. The molecule has 1 rings (SSSR count). The van der Waals surface area contributed by atoms with Gasteiger partial charge in [0.2, 0.25) is 0 Å². The molecule has 0 unspecified atom stereocenters. The first-order valence-electron chi connectivity index (χ1n) is 22.2. The van der Waals surface area contributed by atoms with E-state index in [1.807, 2.05) is 0 Å². The molecular weight excluding hydrogens is 834 g/mol. The number of unbranched alkanes of at least 4 members (excludes halogenated alkanes) is 6. The monoisotopic (exact) mass is 910 g/mol. The van der Waals surface area contributed by atoms with Crippen molar-refractivity contribution >= 4 is 23.0 Å². The Kier molecular flexibility index (Phi) is 41.7. The molecule has 0 saturated heterocycles. The highest BCUT2D eigenvalue weighted by Crippen LogP contribution is 2.28. The summed E-state index contributed by atoms with van der Waals surface area (Å²) in [6.07, 6.45) is 8.71. The molecule has 0 radical (unpaired) electrons. The quantitative estimate of drug-likeness (QED) is 0.0400. The van der Waals surface area contributed by atoms with Gasteiger partial charge in [-0.05, 0) is 12.5 Å². The number of nitro groups is 2. The number of carbonyl (C=O) groups is 1. The highest BCUT2D eigenvalue weighted by molar-refractivity contribution is 5.69. The van der Waals surface area contributed by atoms with Crippen LogP contribution in [0.1, 0.15) is 58.3 Å². The third-order valence-corrected chi connectivity index (χ3v) is 8.52. The van der Waals surface area contributed by atoms with Crippen LogP contribution in [0, 0.1) is 20.2 Å². The highest BCUT2D eigenvalue weighted by atomic mass is 16.6. The number of rotatable bonds is 50. The molecule has 0 heterocycles. The largest absolute Gasteiger partial charge is 0.463 e. The average Bonchev–Trinajstić information content (AvgIpc) is 3.27. The minimum atomic E-state index is -0.682. The Labute approximate surface area is 372 Å². The number of nitrogens with zero attached hydrogens (tertiary/aromatic N) is 2. The van der Waals surface area contributed by atoms with Crippen LogP contribution in [0.5, 0.6) is 0 Å². The summed E-state index contributed by atoms with van der Waals surface area (Å²) >= 11 is 0. The molecule has 0 atom stereocenters. The van der Waals surface area contributed by atoms with E-state index in [-0.39, 0.29) is 42.8 Å². The molecule has 0 saturated carbocycles. The average molecular weight is 910 g/mol. The lowest BCUT2D eigenvalue weighted by Gasteiger charge is -2.09. The Balaban J connectivity index is 1.68. The molecule has 21 nitrogen and oxygen atoms in total. The van der Waals surface area contributed by atoms with E-state index in [1.165, 1.54) is 44.2 Å². The Hall–Kier alpha value is -3.19. The first-order chi connectivity index (χ1) is 31.0. The zero-order valence-electron chi connectivity index (χ0n) is 37.5. The summed E-state index contributed by atoms with van der Waals surface area (Å²) in [6.45, 7) is 13.2. The third kappa shape index (κ3) is 38.9. The van der Waals surface area contributed by atoms with Gasteiger partial charge >= 0.3 is 5.97 Å². The molecule has 0 spiro atoms. The van der Waals surface area contributed by atoms with Gasteiger partial charge in [0, 0.05) is 19.0 Å². The summed E-state index contributed by atoms with van der Waals surface area (Å²) in [7, 11) is 0. The van der Waals surface area contributed by atoms with Gasteiger partial charge in [0.1, 0.15) is 12.3 Å². The standard InChI is InChI=1S/C42H75N3O18/c1-2-3-4-5-6-7-8-9-42(46)63-37-36-62-35-34-61-33-32-60-31-30-59-29-28-58-27-26-57-25-24-56-23-22-55-21-20-54-19-18-53-17-16-52-15-14-51-13-12-43-40-11-10-39(44(47)48)38-41(40)45(49)50/h10-11,38,43H,2-9,12-37H2,1H3. The Morgan fingerprint density at radius 2 is 0.794 bits per heavy atom. The topological polar surface area (TPSA) is 235 Å². The van der Waals surface area contributed by atoms with Crippen LogP contribution in [-0.4, -0.2) is 188 Å². The van der Waals surface area contributed by atoms with E-state index in [0.717, 1.165) is 18.9 Å². The third-order valence-electron chi connectivity index (χ3n) is 8.52. The number of hydrogen-bond donors (Lipinski definition) is 1. The van der Waals surface area contributed by atoms with Crippen LogP contribution >= 0.6 is 0 Å². The molecule has 0 aliphatic carbocycles. The van der Waals surface area contributed by atoms with Crippen LogP contribution < -0.4 is 5.32 Å². The molecule has 0 aromatic heterocycles. The van der Waals surface area contributed by atoms with E-state index in [1.54, 1.807) is 0 Å². The van der Waals surface area contributed by atoms with Crippen molar-refractivity contribution in [3.05, 3.63) is 38.4 Å². The van der Waals surface area contributed by atoms with Crippen molar-refractivity contribution in [1.29, 1.82) is 0 Å². The first-order valence-corrected chi connectivity index (χ1v) is 22.2. The zero-order valence-corrected chi connectivity index (χ0v) is 37.5. The molecule has 0 fully saturated rings. The molecule has 21 heteroatoms. The Bertz CT molecular complexity index is 1220. The van der Waals surface area contributed by atoms with Crippen molar-refractivity contribution in [2.24, 2.45) is 0 Å². The normalized spacial score (nSPS) is 11.3. The number of ether oxygens (including phenoxy) is 13. The van der Waals surface area contributed by atoms with Gasteiger partial charge in [0.15, 0.2) is 0 Å². The fraction of sp³-hybridized carbons (Fsp3) is 0.833. The number of carbonyl (C=O) groups excluding carboxylic acids is 1. The van der Waals surface area contributed by atoms with Crippen molar-refractivity contribution in [3.8, 4) is 0 Å². The number of benzene rings is 1. The van der Waals surface area contributed by atoms with Gasteiger partial charge in [-0.15, -0.1) is 0 Å². The minimum Gasteiger partial charge on any atom is -0.463 e. The lowest BCUT2D eigenvalue weighted by molar-refractivity contribution is -0.393. The highest BCUT2D eigenvalue weighted by Gasteiger charge is 2.19. The molecule has 0 bridgehead atoms. The Morgan fingerprint density at radius 3 is 1.14 bits per heavy atom. The molecule has 1 aromatic carbocycles. The summed E-state index contributed by atoms with van der Waals surface area (Å²) in [5, 5.41) is 24.8. The van der Waals surface area contributed by atoms with Gasteiger partial charge in [-0.3, -0.25) is 25.0 Å². The van der Waals surface area contributed by atoms with Crippen LogP contribution in [0.3, 0.4) is 0 Å². The molecule has 0 aliphatic heterocycles. The lowest BCUT2D eigenvalue weighted by Crippen LogP contribution is -2.16. The van der Waals surface area contributed by atoms with Crippen molar-refractivity contribution in [1.82, 2.24) is 0 Å². The number of nitro benzene ring substituents is 2. The summed E-state index contributed by atoms with van der Waals surface area (Å²) in [5.74, 6) is -0.152. The zero-order chi connectivity index (χ0) is 45.5. The van der Waals surface area contributed by atoms with Crippen molar-refractivity contribution in [2.75, 3.05) is 177 Å². The van der Waals surface area contributed by atoms with Gasteiger partial charge < -0.3 is 66.9 Å². The fourth-order valence-electron chi connectivity index (χ4n) is 5.23. The molecule has 1 aromatic rings. The summed E-state index contributed by atoms with van der Waals surface area (Å²) in [4.78, 5) is 32.4. The van der Waals surface area contributed by atoms with E-state index in [4.69, 9.17) is 61.6 Å². The predicted octanol–water partition coefficient (Wildman–Crippen LogP) is 4.80. The van der Waals surface area contributed by atoms with Crippen molar-refractivity contribution in [2.45, 2.75) is 58.3 Å². The fourth-order valence-corrected chi connectivity index (χ4v) is 5.23. The van der Waals surface area contributed by atoms with Crippen LogP contribution in [-0.2, 0) is 66.4 Å². The molecular formula is C42H75N3O18. The summed E-state index contributed by atoms with van der Waals surface area (Å²) in [5.41, 5.74) is -0.536. The minimum absolute atomic E-state index is 0.152. The van der Waals surface area contributed by atoms with Crippen molar-refractivity contribution < 1.29 is 76.2 Å². The van der Waals surface area contributed by atoms with Crippen LogP contribution in [0.4, 0.5) is 17.1 Å². The number of non-ortho nitro benzene ring substituents is 1.